The smallest absolute Gasteiger partial charge is 0.245 e. The van der Waals surface area contributed by atoms with Gasteiger partial charge in [0, 0.05) is 42.1 Å². The van der Waals surface area contributed by atoms with Crippen molar-refractivity contribution in [3.05, 3.63) is 43.1 Å². The molecule has 0 radical (unpaired) electrons. The predicted octanol–water partition coefficient (Wildman–Crippen LogP) is 3.27. The molecule has 0 unspecified atom stereocenters. The molecular formula is C23H28FN7O. The van der Waals surface area contributed by atoms with Gasteiger partial charge in [-0.1, -0.05) is 0 Å². The molecule has 168 valence electrons. The first-order valence-electron chi connectivity index (χ1n) is 11.0. The van der Waals surface area contributed by atoms with Crippen molar-refractivity contribution in [2.24, 2.45) is 0 Å². The van der Waals surface area contributed by atoms with Crippen LogP contribution in [0.5, 0.6) is 5.75 Å². The number of fused-ring (bicyclic) bond motifs is 2. The number of phenols is 1. The standard InChI is InChI=1S/C23H28FN7O/c1-22-7-4-8-23(2,29-22)20(24)18(12-22)30(3)21-26-13-17(27-28-21)16-6-5-15(11-19(16)32)31-10-9-25-14-31/h5-6,9-11,13-14,18,20,29,32H,4,7-8,12H2,1-3H3/t18-,20-,22-,23+/m1/s1. The Hall–Kier alpha value is -3.07. The first-order chi connectivity index (χ1) is 15.3. The van der Waals surface area contributed by atoms with Crippen molar-refractivity contribution in [2.75, 3.05) is 11.9 Å². The first kappa shape index (κ1) is 20.8. The van der Waals surface area contributed by atoms with Gasteiger partial charge in [-0.25, -0.2) is 14.4 Å². The first-order valence-corrected chi connectivity index (χ1v) is 11.0. The molecule has 4 heterocycles. The molecular weight excluding hydrogens is 409 g/mol. The van der Waals surface area contributed by atoms with Gasteiger partial charge >= 0.3 is 0 Å². The summed E-state index contributed by atoms with van der Waals surface area (Å²) in [5, 5.41) is 22.6. The minimum absolute atomic E-state index is 0.0734. The number of hydrogen-bond acceptors (Lipinski definition) is 7. The average Bonchev–Trinajstić information content (AvgIpc) is 3.31. The minimum Gasteiger partial charge on any atom is -0.507 e. The summed E-state index contributed by atoms with van der Waals surface area (Å²) in [5.74, 6) is 0.451. The van der Waals surface area contributed by atoms with E-state index in [1.165, 1.54) is 0 Å². The number of benzene rings is 1. The lowest BCUT2D eigenvalue weighted by Gasteiger charge is -2.56. The zero-order chi connectivity index (χ0) is 22.5. The van der Waals surface area contributed by atoms with Gasteiger partial charge in [0.1, 0.15) is 17.6 Å². The van der Waals surface area contributed by atoms with Crippen LogP contribution in [0.25, 0.3) is 16.9 Å². The molecule has 2 aliphatic heterocycles. The van der Waals surface area contributed by atoms with E-state index in [1.807, 2.05) is 24.9 Å². The van der Waals surface area contributed by atoms with Crippen LogP contribution in [0, 0.1) is 0 Å². The molecule has 8 nitrogen and oxygen atoms in total. The largest absolute Gasteiger partial charge is 0.507 e. The Morgan fingerprint density at radius 3 is 2.78 bits per heavy atom. The summed E-state index contributed by atoms with van der Waals surface area (Å²) in [6, 6.07) is 4.94. The van der Waals surface area contributed by atoms with E-state index in [-0.39, 0.29) is 17.3 Å². The van der Waals surface area contributed by atoms with Crippen molar-refractivity contribution in [2.45, 2.75) is 62.8 Å². The summed E-state index contributed by atoms with van der Waals surface area (Å²) in [6.07, 6.45) is 9.24. The van der Waals surface area contributed by atoms with Crippen molar-refractivity contribution < 1.29 is 9.50 Å². The summed E-state index contributed by atoms with van der Waals surface area (Å²) >= 11 is 0. The van der Waals surface area contributed by atoms with E-state index in [2.05, 4.69) is 32.4 Å². The Morgan fingerprint density at radius 1 is 1.25 bits per heavy atom. The SMILES string of the molecule is CN(c1ncc(-c2ccc(-n3ccnc3)cc2O)nn1)[C@@H]1C[C@@]2(C)CCC[C@](C)(N2)[C@@H]1F. The monoisotopic (exact) mass is 437 g/mol. The van der Waals surface area contributed by atoms with E-state index in [0.717, 1.165) is 24.9 Å². The molecule has 0 aliphatic carbocycles. The number of anilines is 1. The second-order valence-electron chi connectivity index (χ2n) is 9.56. The fourth-order valence-corrected chi connectivity index (χ4v) is 5.35. The maximum atomic E-state index is 15.5. The average molecular weight is 438 g/mol. The molecule has 3 aromatic rings. The summed E-state index contributed by atoms with van der Waals surface area (Å²) in [7, 11) is 1.83. The van der Waals surface area contributed by atoms with Gasteiger partial charge in [0.05, 0.1) is 24.3 Å². The lowest BCUT2D eigenvalue weighted by Crippen LogP contribution is -2.72. The highest BCUT2D eigenvalue weighted by Gasteiger charge is 2.54. The third-order valence-corrected chi connectivity index (χ3v) is 7.04. The zero-order valence-electron chi connectivity index (χ0n) is 18.5. The maximum Gasteiger partial charge on any atom is 0.245 e. The van der Waals surface area contributed by atoms with Crippen LogP contribution in [0.1, 0.15) is 39.5 Å². The van der Waals surface area contributed by atoms with Crippen LogP contribution in [-0.4, -0.2) is 60.2 Å². The van der Waals surface area contributed by atoms with Gasteiger partial charge < -0.3 is 19.9 Å². The Kier molecular flexibility index (Phi) is 4.88. The number of nitrogens with zero attached hydrogens (tertiary/aromatic N) is 6. The highest BCUT2D eigenvalue weighted by molar-refractivity contribution is 5.68. The normalized spacial score (nSPS) is 29.6. The summed E-state index contributed by atoms with van der Waals surface area (Å²) in [4.78, 5) is 10.3. The summed E-state index contributed by atoms with van der Waals surface area (Å²) < 4.78 is 17.3. The van der Waals surface area contributed by atoms with Gasteiger partial charge in [0.15, 0.2) is 0 Å². The molecule has 5 rings (SSSR count). The number of phenolic OH excluding ortho intramolecular Hbond substituents is 1. The van der Waals surface area contributed by atoms with Gasteiger partial charge in [0.2, 0.25) is 5.95 Å². The predicted molar refractivity (Wildman–Crippen MR) is 120 cm³/mol. The van der Waals surface area contributed by atoms with Gasteiger partial charge in [0.25, 0.3) is 0 Å². The molecule has 0 amide bonds. The third kappa shape index (κ3) is 3.50. The van der Waals surface area contributed by atoms with Crippen LogP contribution in [0.4, 0.5) is 10.3 Å². The molecule has 0 spiro atoms. The fraction of sp³-hybridized carbons (Fsp3) is 0.478. The fourth-order valence-electron chi connectivity index (χ4n) is 5.35. The van der Waals surface area contributed by atoms with E-state index < -0.39 is 11.7 Å². The number of imidazole rings is 1. The summed E-state index contributed by atoms with van der Waals surface area (Å²) in [5.41, 5.74) is 1.14. The molecule has 1 aromatic carbocycles. The second kappa shape index (κ2) is 7.51. The van der Waals surface area contributed by atoms with Gasteiger partial charge in [-0.2, -0.15) is 0 Å². The highest BCUT2D eigenvalue weighted by atomic mass is 19.1. The van der Waals surface area contributed by atoms with E-state index in [1.54, 1.807) is 41.6 Å². The molecule has 2 N–H and O–H groups in total. The number of rotatable bonds is 4. The number of aromatic hydroxyl groups is 1. The van der Waals surface area contributed by atoms with Crippen LogP contribution in [0.15, 0.2) is 43.1 Å². The topological polar surface area (TPSA) is 92.0 Å². The van der Waals surface area contributed by atoms with Crippen LogP contribution >= 0.6 is 0 Å². The van der Waals surface area contributed by atoms with E-state index in [4.69, 9.17) is 0 Å². The van der Waals surface area contributed by atoms with E-state index >= 15 is 4.39 Å². The van der Waals surface area contributed by atoms with Gasteiger partial charge in [-0.15, -0.1) is 10.2 Å². The van der Waals surface area contributed by atoms with Crippen molar-refractivity contribution >= 4 is 5.95 Å². The highest BCUT2D eigenvalue weighted by Crippen LogP contribution is 2.43. The molecule has 0 saturated carbocycles. The molecule has 2 aliphatic rings. The van der Waals surface area contributed by atoms with Crippen molar-refractivity contribution in [1.29, 1.82) is 0 Å². The van der Waals surface area contributed by atoms with Crippen LogP contribution < -0.4 is 10.2 Å². The molecule has 2 bridgehead atoms. The Bertz CT molecular complexity index is 1110. The third-order valence-electron chi connectivity index (χ3n) is 7.04. The van der Waals surface area contributed by atoms with E-state index in [9.17, 15) is 5.11 Å². The van der Waals surface area contributed by atoms with Crippen molar-refractivity contribution in [3.63, 3.8) is 0 Å². The molecule has 32 heavy (non-hydrogen) atoms. The van der Waals surface area contributed by atoms with Crippen LogP contribution in [0.2, 0.25) is 0 Å². The number of piperidine rings is 2. The van der Waals surface area contributed by atoms with Crippen molar-refractivity contribution in [3.8, 4) is 22.7 Å². The second-order valence-corrected chi connectivity index (χ2v) is 9.56. The molecule has 2 fully saturated rings. The number of alkyl halides is 1. The Balaban J connectivity index is 1.38. The number of hydrogen-bond donors (Lipinski definition) is 2. The lowest BCUT2D eigenvalue weighted by molar-refractivity contribution is 0.00178. The number of halogens is 1. The van der Waals surface area contributed by atoms with Gasteiger partial charge in [-0.05, 0) is 51.7 Å². The Labute approximate surface area is 186 Å². The van der Waals surface area contributed by atoms with Gasteiger partial charge in [-0.3, -0.25) is 0 Å². The minimum atomic E-state index is -1.04. The molecule has 2 saturated heterocycles. The molecule has 2 aromatic heterocycles. The van der Waals surface area contributed by atoms with Crippen LogP contribution in [-0.2, 0) is 0 Å². The van der Waals surface area contributed by atoms with Crippen LogP contribution in [0.3, 0.4) is 0 Å². The maximum absolute atomic E-state index is 15.5. The molecule has 4 atom stereocenters. The summed E-state index contributed by atoms with van der Waals surface area (Å²) in [6.45, 7) is 4.16. The Morgan fingerprint density at radius 2 is 2.09 bits per heavy atom. The lowest BCUT2D eigenvalue weighted by atomic mass is 9.68. The number of nitrogens with one attached hydrogen (secondary N) is 1. The van der Waals surface area contributed by atoms with E-state index in [0.29, 0.717) is 23.6 Å². The molecule has 9 heteroatoms. The van der Waals surface area contributed by atoms with Crippen molar-refractivity contribution in [1.82, 2.24) is 30.0 Å². The quantitative estimate of drug-likeness (QED) is 0.647. The zero-order valence-corrected chi connectivity index (χ0v) is 18.5. The number of aromatic nitrogens is 5.